The molecule has 1 unspecified atom stereocenters. The number of carbonyl (C=O) groups excluding carboxylic acids is 1. The third-order valence-corrected chi connectivity index (χ3v) is 2.30. The van der Waals surface area contributed by atoms with Crippen LogP contribution < -0.4 is 0 Å². The van der Waals surface area contributed by atoms with E-state index < -0.39 is 6.10 Å². The molecular formula is C10H16O2. The van der Waals surface area contributed by atoms with E-state index in [0.717, 1.165) is 24.8 Å². The molecule has 0 aromatic rings. The minimum atomic E-state index is -0.769. The Hall–Kier alpha value is -0.630. The topological polar surface area (TPSA) is 37.3 Å². The van der Waals surface area contributed by atoms with Crippen molar-refractivity contribution in [2.45, 2.75) is 45.1 Å². The molecule has 1 rings (SSSR count). The number of hydrogen-bond acceptors (Lipinski definition) is 2. The van der Waals surface area contributed by atoms with Gasteiger partial charge in [-0.25, -0.2) is 0 Å². The molecule has 1 atom stereocenters. The van der Waals surface area contributed by atoms with Gasteiger partial charge in [-0.15, -0.1) is 0 Å². The van der Waals surface area contributed by atoms with Gasteiger partial charge < -0.3 is 5.11 Å². The summed E-state index contributed by atoms with van der Waals surface area (Å²) < 4.78 is 0. The number of ketones is 1. The summed E-state index contributed by atoms with van der Waals surface area (Å²) >= 11 is 0. The second-order valence-electron chi connectivity index (χ2n) is 3.26. The highest BCUT2D eigenvalue weighted by molar-refractivity contribution is 5.98. The molecule has 0 aliphatic heterocycles. The Balaban J connectivity index is 2.56. The normalized spacial score (nSPS) is 20.0. The molecule has 68 valence electrons. The second-order valence-corrected chi connectivity index (χ2v) is 3.26. The lowest BCUT2D eigenvalue weighted by Crippen LogP contribution is -2.21. The molecule has 2 nitrogen and oxygen atoms in total. The van der Waals surface area contributed by atoms with Gasteiger partial charge >= 0.3 is 0 Å². The van der Waals surface area contributed by atoms with Gasteiger partial charge in [0.15, 0.2) is 5.78 Å². The molecule has 12 heavy (non-hydrogen) atoms. The molecule has 0 saturated carbocycles. The van der Waals surface area contributed by atoms with Gasteiger partial charge in [0, 0.05) is 0 Å². The van der Waals surface area contributed by atoms with Crippen molar-refractivity contribution in [3.8, 4) is 0 Å². The van der Waals surface area contributed by atoms with Gasteiger partial charge in [-0.3, -0.25) is 4.79 Å². The summed E-state index contributed by atoms with van der Waals surface area (Å²) in [4.78, 5) is 11.4. The fourth-order valence-electron chi connectivity index (χ4n) is 1.46. The molecular weight excluding hydrogens is 152 g/mol. The lowest BCUT2D eigenvalue weighted by Gasteiger charge is -2.13. The predicted octanol–water partition coefficient (Wildman–Crippen LogP) is 1.83. The summed E-state index contributed by atoms with van der Waals surface area (Å²) in [5.41, 5.74) is 0.843. The van der Waals surface area contributed by atoms with Crippen molar-refractivity contribution in [1.82, 2.24) is 0 Å². The van der Waals surface area contributed by atoms with Gasteiger partial charge in [-0.1, -0.05) is 13.0 Å². The van der Waals surface area contributed by atoms with Crippen LogP contribution in [0.15, 0.2) is 11.6 Å². The molecule has 0 amide bonds. The highest BCUT2D eigenvalue weighted by Gasteiger charge is 2.18. The van der Waals surface area contributed by atoms with E-state index in [1.807, 2.05) is 13.0 Å². The largest absolute Gasteiger partial charge is 0.385 e. The van der Waals surface area contributed by atoms with Crippen LogP contribution in [0.2, 0.25) is 0 Å². The maximum Gasteiger partial charge on any atom is 0.186 e. The fourth-order valence-corrected chi connectivity index (χ4v) is 1.46. The molecule has 0 fully saturated rings. The Bertz CT molecular complexity index is 194. The van der Waals surface area contributed by atoms with Crippen molar-refractivity contribution < 1.29 is 9.90 Å². The third kappa shape index (κ3) is 2.18. The first-order valence-electron chi connectivity index (χ1n) is 4.67. The van der Waals surface area contributed by atoms with Crippen molar-refractivity contribution in [1.29, 1.82) is 0 Å². The van der Waals surface area contributed by atoms with E-state index in [0.29, 0.717) is 6.42 Å². The molecule has 0 aromatic carbocycles. The molecule has 1 N–H and O–H groups in total. The Kier molecular flexibility index (Phi) is 3.48. The van der Waals surface area contributed by atoms with Crippen molar-refractivity contribution in [3.63, 3.8) is 0 Å². The molecule has 1 aliphatic carbocycles. The van der Waals surface area contributed by atoms with E-state index in [1.165, 1.54) is 6.42 Å². The standard InChI is InChI=1S/C10H16O2/c1-2-9(11)10(12)8-6-4-3-5-7-8/h6,9,11H,2-5,7H2,1H3. The van der Waals surface area contributed by atoms with E-state index in [4.69, 9.17) is 0 Å². The Labute approximate surface area is 73.3 Å². The number of allylic oxidation sites excluding steroid dienone is 1. The van der Waals surface area contributed by atoms with Gasteiger partial charge in [0.05, 0.1) is 0 Å². The summed E-state index contributed by atoms with van der Waals surface area (Å²) in [7, 11) is 0. The van der Waals surface area contributed by atoms with Crippen LogP contribution in [-0.4, -0.2) is 17.0 Å². The van der Waals surface area contributed by atoms with Crippen LogP contribution in [0.3, 0.4) is 0 Å². The van der Waals surface area contributed by atoms with Gasteiger partial charge in [0.1, 0.15) is 6.10 Å². The number of carbonyl (C=O) groups is 1. The fraction of sp³-hybridized carbons (Fsp3) is 0.700. The Morgan fingerprint density at radius 3 is 2.92 bits per heavy atom. The van der Waals surface area contributed by atoms with Crippen LogP contribution in [0.5, 0.6) is 0 Å². The van der Waals surface area contributed by atoms with Gasteiger partial charge in [0.2, 0.25) is 0 Å². The minimum absolute atomic E-state index is 0.0581. The molecule has 0 aromatic heterocycles. The lowest BCUT2D eigenvalue weighted by atomic mass is 9.93. The van der Waals surface area contributed by atoms with E-state index in [9.17, 15) is 9.90 Å². The first-order chi connectivity index (χ1) is 5.75. The van der Waals surface area contributed by atoms with Crippen LogP contribution in [0.4, 0.5) is 0 Å². The molecule has 2 heteroatoms. The molecule has 0 saturated heterocycles. The van der Waals surface area contributed by atoms with Crippen molar-refractivity contribution in [2.75, 3.05) is 0 Å². The van der Waals surface area contributed by atoms with Crippen molar-refractivity contribution >= 4 is 5.78 Å². The molecule has 1 aliphatic rings. The third-order valence-electron chi connectivity index (χ3n) is 2.30. The average molecular weight is 168 g/mol. The zero-order valence-corrected chi connectivity index (χ0v) is 7.55. The smallest absolute Gasteiger partial charge is 0.186 e. The van der Waals surface area contributed by atoms with Crippen LogP contribution in [-0.2, 0) is 4.79 Å². The monoisotopic (exact) mass is 168 g/mol. The average Bonchev–Trinajstić information content (AvgIpc) is 2.17. The van der Waals surface area contributed by atoms with Crippen molar-refractivity contribution in [3.05, 3.63) is 11.6 Å². The molecule has 0 radical (unpaired) electrons. The zero-order chi connectivity index (χ0) is 8.97. The summed E-state index contributed by atoms with van der Waals surface area (Å²) in [5, 5.41) is 9.29. The first kappa shape index (κ1) is 9.46. The Morgan fingerprint density at radius 1 is 1.67 bits per heavy atom. The number of aliphatic hydroxyl groups excluding tert-OH is 1. The van der Waals surface area contributed by atoms with Crippen LogP contribution in [0.25, 0.3) is 0 Å². The van der Waals surface area contributed by atoms with Crippen molar-refractivity contribution in [2.24, 2.45) is 0 Å². The lowest BCUT2D eigenvalue weighted by molar-refractivity contribution is -0.123. The van der Waals surface area contributed by atoms with E-state index in [-0.39, 0.29) is 5.78 Å². The number of rotatable bonds is 3. The van der Waals surface area contributed by atoms with Gasteiger partial charge in [-0.2, -0.15) is 0 Å². The van der Waals surface area contributed by atoms with Crippen LogP contribution >= 0.6 is 0 Å². The summed E-state index contributed by atoms with van der Waals surface area (Å²) in [6.07, 6.45) is 5.86. The van der Waals surface area contributed by atoms with E-state index in [1.54, 1.807) is 0 Å². The highest BCUT2D eigenvalue weighted by Crippen LogP contribution is 2.19. The van der Waals surface area contributed by atoms with E-state index in [2.05, 4.69) is 0 Å². The number of hydrogen-bond donors (Lipinski definition) is 1. The summed E-state index contributed by atoms with van der Waals surface area (Å²) in [6.45, 7) is 1.83. The minimum Gasteiger partial charge on any atom is -0.385 e. The molecule has 0 heterocycles. The SMILES string of the molecule is CCC(O)C(=O)C1=CCCCC1. The first-order valence-corrected chi connectivity index (χ1v) is 4.67. The molecule has 0 bridgehead atoms. The van der Waals surface area contributed by atoms with Crippen LogP contribution in [0.1, 0.15) is 39.0 Å². The van der Waals surface area contributed by atoms with Gasteiger partial charge in [0.25, 0.3) is 0 Å². The summed E-state index contributed by atoms with van der Waals surface area (Å²) in [5.74, 6) is -0.0581. The molecule has 0 spiro atoms. The zero-order valence-electron chi connectivity index (χ0n) is 7.55. The number of aliphatic hydroxyl groups is 1. The van der Waals surface area contributed by atoms with E-state index >= 15 is 0 Å². The second kappa shape index (κ2) is 4.41. The predicted molar refractivity (Wildman–Crippen MR) is 47.9 cm³/mol. The quantitative estimate of drug-likeness (QED) is 0.698. The maximum absolute atomic E-state index is 11.4. The maximum atomic E-state index is 11.4. The summed E-state index contributed by atoms with van der Waals surface area (Å²) in [6, 6.07) is 0. The number of Topliss-reactive ketones (excluding diaryl/α,β-unsaturated/α-hetero) is 1. The van der Waals surface area contributed by atoms with Gasteiger partial charge in [-0.05, 0) is 37.7 Å². The Morgan fingerprint density at radius 2 is 2.42 bits per heavy atom. The van der Waals surface area contributed by atoms with Crippen LogP contribution in [0, 0.1) is 0 Å². The highest BCUT2D eigenvalue weighted by atomic mass is 16.3.